The molecule has 27 nitrogen and oxygen atoms in total. The lowest BCUT2D eigenvalue weighted by Crippen LogP contribution is -2.48. The highest BCUT2D eigenvalue weighted by molar-refractivity contribution is 5.86. The van der Waals surface area contributed by atoms with Crippen molar-refractivity contribution >= 4 is 63.7 Å². The largest absolute Gasteiger partial charge is 0.497 e. The number of carbonyl (C=O) groups is 3. The molecular formula is C65H78N16O11. The monoisotopic (exact) mass is 1260 g/mol. The van der Waals surface area contributed by atoms with Gasteiger partial charge in [0.05, 0.1) is 77.3 Å². The highest BCUT2D eigenvalue weighted by atomic mass is 16.5. The van der Waals surface area contributed by atoms with E-state index in [1.807, 2.05) is 107 Å². The first-order valence-electron chi connectivity index (χ1n) is 31.1. The van der Waals surface area contributed by atoms with Crippen molar-refractivity contribution in [3.8, 4) is 23.0 Å². The second-order valence-electron chi connectivity index (χ2n) is 23.7. The molecule has 10 atom stereocenters. The predicted molar refractivity (Wildman–Crippen MR) is 342 cm³/mol. The molecule has 92 heavy (non-hydrogen) atoms. The number of fused-ring (bicyclic) bond motifs is 2. The first-order valence-corrected chi connectivity index (χ1v) is 31.1. The predicted octanol–water partition coefficient (Wildman–Crippen LogP) is 4.68. The van der Waals surface area contributed by atoms with Crippen LogP contribution in [0.25, 0.3) is 22.3 Å². The molecule has 4 fully saturated rings. The van der Waals surface area contributed by atoms with Crippen molar-refractivity contribution in [2.45, 2.75) is 125 Å². The van der Waals surface area contributed by atoms with Crippen LogP contribution in [0.4, 0.5) is 28.3 Å². The van der Waals surface area contributed by atoms with E-state index in [-0.39, 0.29) is 55.6 Å². The number of nitrogens with one attached hydrogen (secondary N) is 6. The van der Waals surface area contributed by atoms with Gasteiger partial charge in [-0.15, -0.1) is 0 Å². The van der Waals surface area contributed by atoms with Gasteiger partial charge in [-0.25, -0.2) is 14.8 Å². The van der Waals surface area contributed by atoms with Gasteiger partial charge in [0.1, 0.15) is 47.4 Å². The van der Waals surface area contributed by atoms with Crippen molar-refractivity contribution in [2.75, 3.05) is 75.1 Å². The lowest BCUT2D eigenvalue weighted by Gasteiger charge is -2.24. The maximum Gasteiger partial charge on any atom is 0.315 e. The molecule has 2 aliphatic heterocycles. The van der Waals surface area contributed by atoms with E-state index in [2.05, 4.69) is 31.9 Å². The van der Waals surface area contributed by atoms with Crippen LogP contribution in [0, 0.1) is 0 Å². The Balaban J connectivity index is 0.799. The number of ether oxygens (including phenoxy) is 4. The second kappa shape index (κ2) is 27.1. The van der Waals surface area contributed by atoms with Crippen molar-refractivity contribution in [3.05, 3.63) is 132 Å². The number of urea groups is 1. The van der Waals surface area contributed by atoms with Gasteiger partial charge in [0.25, 0.3) is 0 Å². The van der Waals surface area contributed by atoms with Crippen LogP contribution >= 0.6 is 0 Å². The van der Waals surface area contributed by atoms with E-state index in [4.69, 9.17) is 48.9 Å². The Labute approximate surface area is 530 Å². The number of hydrogen-bond acceptors (Lipinski definition) is 21. The van der Waals surface area contributed by atoms with Gasteiger partial charge in [-0.3, -0.25) is 9.59 Å². The molecule has 4 amide bonds. The molecule has 2 aliphatic carbocycles. The van der Waals surface area contributed by atoms with Gasteiger partial charge in [0.15, 0.2) is 34.0 Å². The van der Waals surface area contributed by atoms with Crippen molar-refractivity contribution in [2.24, 2.45) is 0 Å². The fourth-order valence-electron chi connectivity index (χ4n) is 13.0. The van der Waals surface area contributed by atoms with Gasteiger partial charge < -0.3 is 90.2 Å². The zero-order chi connectivity index (χ0) is 64.3. The molecule has 484 valence electrons. The number of methoxy groups -OCH3 is 4. The number of amides is 4. The number of rotatable bonds is 22. The Kier molecular flexibility index (Phi) is 18.4. The van der Waals surface area contributed by atoms with Crippen LogP contribution in [0.1, 0.15) is 98.8 Å². The molecule has 4 aliphatic rings. The van der Waals surface area contributed by atoms with E-state index >= 15 is 0 Å². The zero-order valence-corrected chi connectivity index (χ0v) is 52.0. The fourth-order valence-corrected chi connectivity index (χ4v) is 13.0. The van der Waals surface area contributed by atoms with Crippen LogP contribution < -0.4 is 60.6 Å². The molecule has 6 unspecified atom stereocenters. The first kappa shape index (κ1) is 62.6. The van der Waals surface area contributed by atoms with Crippen LogP contribution in [-0.4, -0.2) is 181 Å². The van der Waals surface area contributed by atoms with Crippen molar-refractivity contribution in [1.82, 2.24) is 60.3 Å². The van der Waals surface area contributed by atoms with E-state index in [9.17, 15) is 34.8 Å². The van der Waals surface area contributed by atoms with Gasteiger partial charge in [-0.2, -0.15) is 19.9 Å². The zero-order valence-electron chi connectivity index (χ0n) is 52.0. The molecule has 12 rings (SSSR count). The minimum atomic E-state index is -1.25. The molecule has 0 bridgehead atoms. The van der Waals surface area contributed by atoms with E-state index in [1.54, 1.807) is 64.1 Å². The minimum Gasteiger partial charge on any atom is -0.497 e. The van der Waals surface area contributed by atoms with Crippen LogP contribution in [0.5, 0.6) is 23.0 Å². The smallest absolute Gasteiger partial charge is 0.315 e. The quantitative estimate of drug-likeness (QED) is 0.0440. The normalized spacial score (nSPS) is 22.9. The summed E-state index contributed by atoms with van der Waals surface area (Å²) in [5.41, 5.74) is 5.20. The molecule has 27 heteroatoms. The SMILES string of the molecule is CCC(=O)NC1C[C@H](n2cnc3c(NC(c4ccc(OC)cc4)c4ccc(OC)cc4)nc(N4CCC(NC(=O)NC5CCN(c6nc(NC(c7ccc(OC)cc7)c7ccc(OC)cc7)c7ncn([C@H]8CC(NC(=O)CC)[C@H](O)C8O)c7n6)C5)C4)nc32)C(O)[C@H]1O. The summed E-state index contributed by atoms with van der Waals surface area (Å²) in [6, 6.07) is 26.1. The van der Waals surface area contributed by atoms with E-state index in [0.717, 1.165) is 22.3 Å². The minimum absolute atomic E-state index is 0.216. The molecule has 2 saturated carbocycles. The number of imidazole rings is 2. The molecular weight excluding hydrogens is 1180 g/mol. The molecule has 10 N–H and O–H groups in total. The van der Waals surface area contributed by atoms with Gasteiger partial charge >= 0.3 is 6.03 Å². The lowest BCUT2D eigenvalue weighted by atomic mass is 9.98. The van der Waals surface area contributed by atoms with E-state index in [0.29, 0.717) is 108 Å². The number of aliphatic hydroxyl groups excluding tert-OH is 4. The summed E-state index contributed by atoms with van der Waals surface area (Å²) in [4.78, 5) is 73.4. The summed E-state index contributed by atoms with van der Waals surface area (Å²) < 4.78 is 25.5. The maximum atomic E-state index is 14.2. The average molecular weight is 1260 g/mol. The van der Waals surface area contributed by atoms with Gasteiger partial charge in [0, 0.05) is 51.1 Å². The molecule has 0 spiro atoms. The summed E-state index contributed by atoms with van der Waals surface area (Å²) in [6.45, 7) is 5.11. The van der Waals surface area contributed by atoms with Gasteiger partial charge in [-0.05, 0) is 96.5 Å². The van der Waals surface area contributed by atoms with Crippen molar-refractivity contribution < 1.29 is 53.8 Å². The maximum absolute atomic E-state index is 14.2. The Hall–Kier alpha value is -9.57. The van der Waals surface area contributed by atoms with Gasteiger partial charge in [0.2, 0.25) is 23.7 Å². The standard InChI is InChI=1S/C65H78N16O11/c1-7-49(82)70-45-29-47(57(86)55(45)84)80-33-66-53-59(72-51(35-9-17-41(89-3)18-10-35)36-11-19-42(90-4)20-12-36)74-63(76-61(53)80)78-27-25-39(31-78)68-65(88)69-40-26-28-79(32-40)64-75-60(73-52(37-13-21-43(91-5)22-14-37)38-15-23-44(92-6)24-16-38)54-62(77-64)81(34-67-54)48-30-46(56(85)58(48)87)71-50(83)8-2/h9-24,33-34,39-40,45-48,51-52,55-58,84-87H,7-8,25-32H2,1-6H3,(H,70,82)(H,71,83)(H2,68,69,88)(H,72,74,76)(H,73,75,77)/t39?,40?,45?,46?,47-,48-,55-,56-,57?,58?/m0/s1. The lowest BCUT2D eigenvalue weighted by molar-refractivity contribution is -0.123. The molecule has 4 aromatic carbocycles. The highest BCUT2D eigenvalue weighted by Gasteiger charge is 2.46. The molecule has 0 radical (unpaired) electrons. The Morgan fingerprint density at radius 2 is 0.826 bits per heavy atom. The summed E-state index contributed by atoms with van der Waals surface area (Å²) in [6.07, 6.45) is 0.154. The third-order valence-electron chi connectivity index (χ3n) is 18.1. The number of anilines is 4. The summed E-state index contributed by atoms with van der Waals surface area (Å²) >= 11 is 0. The molecule has 6 heterocycles. The number of benzene rings is 4. The second-order valence-corrected chi connectivity index (χ2v) is 23.7. The summed E-state index contributed by atoms with van der Waals surface area (Å²) in [5, 5.41) is 65.0. The molecule has 4 aromatic heterocycles. The van der Waals surface area contributed by atoms with Crippen molar-refractivity contribution in [3.63, 3.8) is 0 Å². The number of aliphatic hydroxyl groups is 4. The Bertz CT molecular complexity index is 3550. The number of aromatic nitrogens is 8. The Morgan fingerprint density at radius 3 is 1.14 bits per heavy atom. The third-order valence-corrected chi connectivity index (χ3v) is 18.1. The number of carbonyl (C=O) groups excluding carboxylic acids is 3. The average Bonchev–Trinajstić information content (AvgIpc) is 1.59. The van der Waals surface area contributed by atoms with Gasteiger partial charge in [-0.1, -0.05) is 62.4 Å². The third kappa shape index (κ3) is 12.9. The molecule has 2 saturated heterocycles. The highest BCUT2D eigenvalue weighted by Crippen LogP contribution is 2.40. The molecule has 8 aromatic rings. The Morgan fingerprint density at radius 1 is 0.489 bits per heavy atom. The van der Waals surface area contributed by atoms with Crippen LogP contribution in [0.15, 0.2) is 110 Å². The number of hydrogen-bond donors (Lipinski definition) is 10. The number of nitrogens with zero attached hydrogens (tertiary/aromatic N) is 10. The van der Waals surface area contributed by atoms with Crippen LogP contribution in [0.3, 0.4) is 0 Å². The van der Waals surface area contributed by atoms with E-state index < -0.39 is 60.7 Å². The first-order chi connectivity index (χ1) is 44.6. The summed E-state index contributed by atoms with van der Waals surface area (Å²) in [5.74, 6) is 3.75. The van der Waals surface area contributed by atoms with Crippen LogP contribution in [0.2, 0.25) is 0 Å². The van der Waals surface area contributed by atoms with Crippen LogP contribution in [-0.2, 0) is 9.59 Å². The fraction of sp³-hybridized carbons (Fsp3) is 0.431. The summed E-state index contributed by atoms with van der Waals surface area (Å²) in [7, 11) is 6.45. The van der Waals surface area contributed by atoms with E-state index in [1.165, 1.54) is 0 Å². The topological polar surface area (TPSA) is 335 Å². The van der Waals surface area contributed by atoms with Crippen molar-refractivity contribution in [1.29, 1.82) is 0 Å².